The van der Waals surface area contributed by atoms with Crippen LogP contribution >= 0.6 is 11.6 Å². The van der Waals surface area contributed by atoms with Crippen LogP contribution in [0.25, 0.3) is 0 Å². The fraction of sp³-hybridized carbons (Fsp3) is 0.571. The van der Waals surface area contributed by atoms with E-state index in [0.717, 1.165) is 5.92 Å². The average molecular weight is 282 g/mol. The molecule has 1 aromatic heterocycles. The third-order valence-corrected chi connectivity index (χ3v) is 3.98. The zero-order valence-corrected chi connectivity index (χ0v) is 12.1. The standard InChI is InChI=1S/C14H20ClN3O/c1-9-3-4-10(7-9)8-17-14(19)13-11(15)5-6-12(16-2)18-13/h5-6,9-10H,3-4,7-8H2,1-2H3,(H,16,18)(H,17,19). The van der Waals surface area contributed by atoms with Gasteiger partial charge in [0.1, 0.15) is 11.5 Å². The molecule has 0 saturated heterocycles. The molecule has 2 rings (SSSR count). The molecule has 0 radical (unpaired) electrons. The van der Waals surface area contributed by atoms with Crippen molar-refractivity contribution >= 4 is 23.3 Å². The average Bonchev–Trinajstić information content (AvgIpc) is 2.82. The van der Waals surface area contributed by atoms with Gasteiger partial charge in [-0.15, -0.1) is 0 Å². The van der Waals surface area contributed by atoms with E-state index < -0.39 is 0 Å². The first-order valence-corrected chi connectivity index (χ1v) is 7.10. The minimum atomic E-state index is -0.193. The molecule has 1 fully saturated rings. The molecule has 2 unspecified atom stereocenters. The summed E-state index contributed by atoms with van der Waals surface area (Å²) in [6.07, 6.45) is 3.64. The lowest BCUT2D eigenvalue weighted by Crippen LogP contribution is -2.29. The number of pyridine rings is 1. The van der Waals surface area contributed by atoms with Gasteiger partial charge in [-0.2, -0.15) is 0 Å². The van der Waals surface area contributed by atoms with E-state index in [1.54, 1.807) is 19.2 Å². The molecule has 1 heterocycles. The molecule has 0 bridgehead atoms. The van der Waals surface area contributed by atoms with Crippen LogP contribution in [0.2, 0.25) is 5.02 Å². The second kappa shape index (κ2) is 6.24. The Morgan fingerprint density at radius 1 is 1.47 bits per heavy atom. The summed E-state index contributed by atoms with van der Waals surface area (Å²) in [5, 5.41) is 6.23. The SMILES string of the molecule is CNc1ccc(Cl)c(C(=O)NCC2CCC(C)C2)n1. The first-order chi connectivity index (χ1) is 9.10. The number of halogens is 1. The van der Waals surface area contributed by atoms with Crippen molar-refractivity contribution in [3.63, 3.8) is 0 Å². The fourth-order valence-electron chi connectivity index (χ4n) is 2.57. The van der Waals surface area contributed by atoms with Crippen molar-refractivity contribution in [3.05, 3.63) is 22.8 Å². The van der Waals surface area contributed by atoms with Crippen LogP contribution in [0.5, 0.6) is 0 Å². The highest BCUT2D eigenvalue weighted by Gasteiger charge is 2.22. The van der Waals surface area contributed by atoms with E-state index >= 15 is 0 Å². The molecular weight excluding hydrogens is 262 g/mol. The summed E-state index contributed by atoms with van der Waals surface area (Å²) in [5.74, 6) is 1.81. The second-order valence-electron chi connectivity index (χ2n) is 5.27. The lowest BCUT2D eigenvalue weighted by Gasteiger charge is -2.12. The molecule has 2 atom stereocenters. The Morgan fingerprint density at radius 3 is 2.89 bits per heavy atom. The van der Waals surface area contributed by atoms with E-state index in [1.165, 1.54) is 19.3 Å². The van der Waals surface area contributed by atoms with Gasteiger partial charge in [-0.25, -0.2) is 4.98 Å². The highest BCUT2D eigenvalue weighted by molar-refractivity contribution is 6.33. The Balaban J connectivity index is 1.96. The predicted octanol–water partition coefficient (Wildman–Crippen LogP) is 2.94. The monoisotopic (exact) mass is 281 g/mol. The Hall–Kier alpha value is -1.29. The van der Waals surface area contributed by atoms with Gasteiger partial charge in [-0.05, 0) is 36.8 Å². The van der Waals surface area contributed by atoms with Gasteiger partial charge in [-0.3, -0.25) is 4.79 Å². The van der Waals surface area contributed by atoms with Gasteiger partial charge in [-0.1, -0.05) is 24.9 Å². The van der Waals surface area contributed by atoms with Gasteiger partial charge in [0.05, 0.1) is 5.02 Å². The van der Waals surface area contributed by atoms with E-state index in [1.807, 2.05) is 0 Å². The summed E-state index contributed by atoms with van der Waals surface area (Å²) < 4.78 is 0. The summed E-state index contributed by atoms with van der Waals surface area (Å²) in [5.41, 5.74) is 0.291. The number of nitrogens with one attached hydrogen (secondary N) is 2. The third kappa shape index (κ3) is 3.60. The quantitative estimate of drug-likeness (QED) is 0.892. The largest absolute Gasteiger partial charge is 0.373 e. The summed E-state index contributed by atoms with van der Waals surface area (Å²) in [4.78, 5) is 16.3. The maximum absolute atomic E-state index is 12.1. The molecule has 0 spiro atoms. The van der Waals surface area contributed by atoms with E-state index in [2.05, 4.69) is 22.5 Å². The second-order valence-corrected chi connectivity index (χ2v) is 5.68. The van der Waals surface area contributed by atoms with Crippen LogP contribution in [-0.2, 0) is 0 Å². The predicted molar refractivity (Wildman–Crippen MR) is 77.6 cm³/mol. The lowest BCUT2D eigenvalue weighted by molar-refractivity contribution is 0.0942. The van der Waals surface area contributed by atoms with Gasteiger partial charge in [0.25, 0.3) is 5.91 Å². The molecule has 4 nitrogen and oxygen atoms in total. The van der Waals surface area contributed by atoms with Crippen LogP contribution in [0.3, 0.4) is 0 Å². The smallest absolute Gasteiger partial charge is 0.271 e. The van der Waals surface area contributed by atoms with Crippen molar-refractivity contribution in [2.75, 3.05) is 18.9 Å². The van der Waals surface area contributed by atoms with Crippen LogP contribution in [0.1, 0.15) is 36.7 Å². The van der Waals surface area contributed by atoms with E-state index in [0.29, 0.717) is 29.0 Å². The maximum atomic E-state index is 12.1. The number of amides is 1. The van der Waals surface area contributed by atoms with Crippen molar-refractivity contribution in [1.82, 2.24) is 10.3 Å². The summed E-state index contributed by atoms with van der Waals surface area (Å²) >= 11 is 6.02. The number of carbonyl (C=O) groups is 1. The van der Waals surface area contributed by atoms with E-state index in [9.17, 15) is 4.79 Å². The van der Waals surface area contributed by atoms with Crippen LogP contribution in [0.15, 0.2) is 12.1 Å². The van der Waals surface area contributed by atoms with Crippen molar-refractivity contribution in [3.8, 4) is 0 Å². The van der Waals surface area contributed by atoms with Gasteiger partial charge >= 0.3 is 0 Å². The van der Waals surface area contributed by atoms with Gasteiger partial charge in [0, 0.05) is 13.6 Å². The molecule has 2 N–H and O–H groups in total. The first-order valence-electron chi connectivity index (χ1n) is 6.72. The summed E-state index contributed by atoms with van der Waals surface area (Å²) in [6, 6.07) is 3.44. The molecular formula is C14H20ClN3O. The number of carbonyl (C=O) groups excluding carboxylic acids is 1. The summed E-state index contributed by atoms with van der Waals surface area (Å²) in [7, 11) is 1.76. The number of hydrogen-bond donors (Lipinski definition) is 2. The third-order valence-electron chi connectivity index (χ3n) is 3.67. The molecule has 1 amide bonds. The Kier molecular flexibility index (Phi) is 4.64. The normalized spacial score (nSPS) is 22.3. The molecule has 0 aromatic carbocycles. The number of rotatable bonds is 4. The Bertz CT molecular complexity index is 464. The van der Waals surface area contributed by atoms with Gasteiger partial charge in [0.2, 0.25) is 0 Å². The zero-order chi connectivity index (χ0) is 13.8. The minimum absolute atomic E-state index is 0.193. The number of nitrogens with zero attached hydrogens (tertiary/aromatic N) is 1. The van der Waals surface area contributed by atoms with Crippen LogP contribution in [0.4, 0.5) is 5.82 Å². The zero-order valence-electron chi connectivity index (χ0n) is 11.4. The highest BCUT2D eigenvalue weighted by atomic mass is 35.5. The topological polar surface area (TPSA) is 54.0 Å². The van der Waals surface area contributed by atoms with Crippen LogP contribution < -0.4 is 10.6 Å². The molecule has 104 valence electrons. The molecule has 5 heteroatoms. The maximum Gasteiger partial charge on any atom is 0.271 e. The molecule has 19 heavy (non-hydrogen) atoms. The number of hydrogen-bond acceptors (Lipinski definition) is 3. The van der Waals surface area contributed by atoms with Crippen molar-refractivity contribution in [2.45, 2.75) is 26.2 Å². The molecule has 0 aliphatic heterocycles. The van der Waals surface area contributed by atoms with Crippen LogP contribution in [-0.4, -0.2) is 24.5 Å². The Labute approximate surface area is 118 Å². The summed E-state index contributed by atoms with van der Waals surface area (Å²) in [6.45, 7) is 2.97. The Morgan fingerprint density at radius 2 is 2.26 bits per heavy atom. The number of aromatic nitrogens is 1. The number of anilines is 1. The van der Waals surface area contributed by atoms with E-state index in [-0.39, 0.29) is 5.91 Å². The minimum Gasteiger partial charge on any atom is -0.373 e. The molecule has 1 saturated carbocycles. The van der Waals surface area contributed by atoms with E-state index in [4.69, 9.17) is 11.6 Å². The van der Waals surface area contributed by atoms with Crippen molar-refractivity contribution in [1.29, 1.82) is 0 Å². The molecule has 1 aliphatic carbocycles. The van der Waals surface area contributed by atoms with Gasteiger partial charge in [0.15, 0.2) is 0 Å². The van der Waals surface area contributed by atoms with Crippen molar-refractivity contribution < 1.29 is 4.79 Å². The van der Waals surface area contributed by atoms with Crippen molar-refractivity contribution in [2.24, 2.45) is 11.8 Å². The highest BCUT2D eigenvalue weighted by Crippen LogP contribution is 2.29. The first kappa shape index (κ1) is 14.1. The molecule has 1 aliphatic rings. The van der Waals surface area contributed by atoms with Crippen LogP contribution in [0, 0.1) is 11.8 Å². The molecule has 1 aromatic rings. The fourth-order valence-corrected chi connectivity index (χ4v) is 2.76. The van der Waals surface area contributed by atoms with Gasteiger partial charge < -0.3 is 10.6 Å². The lowest BCUT2D eigenvalue weighted by atomic mass is 10.1.